The van der Waals surface area contributed by atoms with Crippen molar-refractivity contribution in [1.82, 2.24) is 4.90 Å². The second-order valence-electron chi connectivity index (χ2n) is 5.98. The predicted molar refractivity (Wildman–Crippen MR) is 80.5 cm³/mol. The highest BCUT2D eigenvalue weighted by Crippen LogP contribution is 2.36. The molecular weight excluding hydrogens is 256 g/mol. The van der Waals surface area contributed by atoms with Gasteiger partial charge < -0.3 is 10.6 Å². The van der Waals surface area contributed by atoms with Crippen LogP contribution in [0.2, 0.25) is 0 Å². The van der Waals surface area contributed by atoms with Gasteiger partial charge in [-0.2, -0.15) is 0 Å². The van der Waals surface area contributed by atoms with Gasteiger partial charge in [-0.25, -0.2) is 0 Å². The number of anilines is 1. The number of rotatable bonds is 1. The molecule has 3 nitrogen and oxygen atoms in total. The number of benzene rings is 1. The summed E-state index contributed by atoms with van der Waals surface area (Å²) in [6.45, 7) is 6.06. The van der Waals surface area contributed by atoms with E-state index in [1.54, 1.807) is 0 Å². The van der Waals surface area contributed by atoms with Crippen molar-refractivity contribution in [3.63, 3.8) is 0 Å². The maximum absolute atomic E-state index is 12.6. The number of nitrogens with zero attached hydrogens (tertiary/aromatic N) is 1. The van der Waals surface area contributed by atoms with E-state index in [2.05, 4.69) is 13.8 Å². The molecule has 1 saturated heterocycles. The summed E-state index contributed by atoms with van der Waals surface area (Å²) in [5.74, 6) is 0.0873. The maximum atomic E-state index is 12.6. The molecule has 0 unspecified atom stereocenters. The number of thiophene rings is 1. The van der Waals surface area contributed by atoms with Crippen LogP contribution in [0.15, 0.2) is 24.3 Å². The quantitative estimate of drug-likeness (QED) is 0.866. The average molecular weight is 274 g/mol. The third-order valence-corrected chi connectivity index (χ3v) is 4.97. The molecule has 1 aromatic heterocycles. The van der Waals surface area contributed by atoms with Crippen molar-refractivity contribution in [1.29, 1.82) is 0 Å². The van der Waals surface area contributed by atoms with Crippen LogP contribution in [0.3, 0.4) is 0 Å². The van der Waals surface area contributed by atoms with Gasteiger partial charge >= 0.3 is 0 Å². The monoisotopic (exact) mass is 274 g/mol. The minimum absolute atomic E-state index is 0.0873. The molecule has 0 atom stereocenters. The third kappa shape index (κ3) is 2.10. The van der Waals surface area contributed by atoms with Crippen LogP contribution in [0, 0.1) is 5.41 Å². The van der Waals surface area contributed by atoms with Crippen LogP contribution < -0.4 is 5.73 Å². The molecule has 0 bridgehead atoms. The third-order valence-electron chi connectivity index (χ3n) is 3.79. The summed E-state index contributed by atoms with van der Waals surface area (Å²) in [6, 6.07) is 7.93. The van der Waals surface area contributed by atoms with E-state index in [4.69, 9.17) is 5.73 Å². The average Bonchev–Trinajstić information content (AvgIpc) is 2.90. The minimum atomic E-state index is 0.0873. The topological polar surface area (TPSA) is 46.3 Å². The van der Waals surface area contributed by atoms with Crippen LogP contribution >= 0.6 is 11.3 Å². The molecule has 1 fully saturated rings. The zero-order chi connectivity index (χ0) is 13.6. The SMILES string of the molecule is CC1(C)CCN(C(=O)c2sc3ccccc3c2N)C1. The van der Waals surface area contributed by atoms with Gasteiger partial charge in [0.05, 0.1) is 5.69 Å². The Balaban J connectivity index is 1.96. The van der Waals surface area contributed by atoms with E-state index >= 15 is 0 Å². The van der Waals surface area contributed by atoms with Gasteiger partial charge in [-0.15, -0.1) is 11.3 Å². The summed E-state index contributed by atoms with van der Waals surface area (Å²) < 4.78 is 1.09. The van der Waals surface area contributed by atoms with Crippen LogP contribution in [0.5, 0.6) is 0 Å². The summed E-state index contributed by atoms with van der Waals surface area (Å²) in [5.41, 5.74) is 7.00. The number of likely N-dealkylation sites (tertiary alicyclic amines) is 1. The molecule has 2 N–H and O–H groups in total. The maximum Gasteiger partial charge on any atom is 0.266 e. The normalized spacial score (nSPS) is 18.1. The Bertz CT molecular complexity index is 645. The second kappa shape index (κ2) is 4.23. The molecule has 1 aromatic carbocycles. The number of fused-ring (bicyclic) bond motifs is 1. The first-order valence-electron chi connectivity index (χ1n) is 6.54. The first kappa shape index (κ1) is 12.5. The predicted octanol–water partition coefficient (Wildman–Crippen LogP) is 3.36. The summed E-state index contributed by atoms with van der Waals surface area (Å²) in [4.78, 5) is 15.2. The van der Waals surface area contributed by atoms with Gasteiger partial charge in [-0.3, -0.25) is 4.79 Å². The molecule has 0 saturated carbocycles. The fourth-order valence-electron chi connectivity index (χ4n) is 2.65. The van der Waals surface area contributed by atoms with Gasteiger partial charge in [0.2, 0.25) is 0 Å². The summed E-state index contributed by atoms with van der Waals surface area (Å²) in [5, 5.41) is 0.995. The standard InChI is InChI=1S/C15H18N2OS/c1-15(2)7-8-17(9-15)14(18)13-12(16)10-5-3-4-6-11(10)19-13/h3-6H,7-9,16H2,1-2H3. The molecule has 3 rings (SSSR count). The number of carbonyl (C=O) groups is 1. The van der Waals surface area contributed by atoms with Crippen molar-refractivity contribution in [2.24, 2.45) is 5.41 Å². The van der Waals surface area contributed by atoms with Crippen LogP contribution in [-0.4, -0.2) is 23.9 Å². The lowest BCUT2D eigenvalue weighted by atomic mass is 9.93. The molecule has 0 spiro atoms. The second-order valence-corrected chi connectivity index (χ2v) is 7.03. The van der Waals surface area contributed by atoms with Crippen molar-refractivity contribution >= 4 is 33.0 Å². The zero-order valence-corrected chi connectivity index (χ0v) is 12.1. The molecule has 1 aliphatic heterocycles. The van der Waals surface area contributed by atoms with Gasteiger partial charge in [0, 0.05) is 23.2 Å². The van der Waals surface area contributed by atoms with Gasteiger partial charge in [-0.05, 0) is 17.9 Å². The van der Waals surface area contributed by atoms with Crippen LogP contribution in [0.25, 0.3) is 10.1 Å². The molecular formula is C15H18N2OS. The van der Waals surface area contributed by atoms with E-state index in [0.29, 0.717) is 10.6 Å². The molecule has 2 aromatic rings. The highest BCUT2D eigenvalue weighted by Gasteiger charge is 2.33. The van der Waals surface area contributed by atoms with Crippen molar-refractivity contribution < 1.29 is 4.79 Å². The Kier molecular flexibility index (Phi) is 2.78. The van der Waals surface area contributed by atoms with Gasteiger partial charge in [0.15, 0.2) is 0 Å². The molecule has 19 heavy (non-hydrogen) atoms. The Morgan fingerprint density at radius 1 is 1.37 bits per heavy atom. The molecule has 0 radical (unpaired) electrons. The highest BCUT2D eigenvalue weighted by atomic mass is 32.1. The lowest BCUT2D eigenvalue weighted by Gasteiger charge is -2.19. The molecule has 100 valence electrons. The zero-order valence-electron chi connectivity index (χ0n) is 11.3. The number of carbonyl (C=O) groups excluding carboxylic acids is 1. The van der Waals surface area contributed by atoms with Crippen molar-refractivity contribution in [2.45, 2.75) is 20.3 Å². The Morgan fingerprint density at radius 2 is 2.11 bits per heavy atom. The summed E-state index contributed by atoms with van der Waals surface area (Å²) in [7, 11) is 0. The minimum Gasteiger partial charge on any atom is -0.397 e. The van der Waals surface area contributed by atoms with E-state index in [-0.39, 0.29) is 11.3 Å². The molecule has 1 aliphatic rings. The summed E-state index contributed by atoms with van der Waals surface area (Å²) in [6.07, 6.45) is 1.06. The molecule has 1 amide bonds. The van der Waals surface area contributed by atoms with Gasteiger partial charge in [-0.1, -0.05) is 32.0 Å². The lowest BCUT2D eigenvalue weighted by Crippen LogP contribution is -2.30. The van der Waals surface area contributed by atoms with E-state index < -0.39 is 0 Å². The Hall–Kier alpha value is -1.55. The number of hydrogen-bond acceptors (Lipinski definition) is 3. The van der Waals surface area contributed by atoms with Crippen LogP contribution in [0.4, 0.5) is 5.69 Å². The fourth-order valence-corrected chi connectivity index (χ4v) is 3.74. The summed E-state index contributed by atoms with van der Waals surface area (Å²) >= 11 is 1.50. The smallest absolute Gasteiger partial charge is 0.266 e. The number of amides is 1. The van der Waals surface area contributed by atoms with E-state index in [1.165, 1.54) is 11.3 Å². The molecule has 0 aliphatic carbocycles. The fraction of sp³-hybridized carbons (Fsp3) is 0.400. The van der Waals surface area contributed by atoms with Crippen molar-refractivity contribution in [3.8, 4) is 0 Å². The lowest BCUT2D eigenvalue weighted by molar-refractivity contribution is 0.0784. The van der Waals surface area contributed by atoms with Gasteiger partial charge in [0.1, 0.15) is 4.88 Å². The number of nitrogens with two attached hydrogens (primary N) is 1. The van der Waals surface area contributed by atoms with Gasteiger partial charge in [0.25, 0.3) is 5.91 Å². The number of hydrogen-bond donors (Lipinski definition) is 1. The van der Waals surface area contributed by atoms with Crippen LogP contribution in [0.1, 0.15) is 29.9 Å². The molecule has 2 heterocycles. The van der Waals surface area contributed by atoms with E-state index in [0.717, 1.165) is 29.6 Å². The Morgan fingerprint density at radius 3 is 2.74 bits per heavy atom. The van der Waals surface area contributed by atoms with Crippen molar-refractivity contribution in [3.05, 3.63) is 29.1 Å². The largest absolute Gasteiger partial charge is 0.397 e. The van der Waals surface area contributed by atoms with E-state index in [1.807, 2.05) is 29.2 Å². The first-order chi connectivity index (χ1) is 8.98. The highest BCUT2D eigenvalue weighted by molar-refractivity contribution is 7.21. The van der Waals surface area contributed by atoms with E-state index in [9.17, 15) is 4.79 Å². The Labute approximate surface area is 117 Å². The number of nitrogen functional groups attached to an aromatic ring is 1. The molecule has 4 heteroatoms. The van der Waals surface area contributed by atoms with Crippen LogP contribution in [-0.2, 0) is 0 Å². The van der Waals surface area contributed by atoms with Crippen molar-refractivity contribution in [2.75, 3.05) is 18.8 Å². The first-order valence-corrected chi connectivity index (χ1v) is 7.36.